The number of hydrogen-bond acceptors (Lipinski definition) is 3. The Kier molecular flexibility index (Phi) is 4.43. The van der Waals surface area contributed by atoms with Crippen LogP contribution >= 0.6 is 0 Å². The Balaban J connectivity index is 1.74. The maximum absolute atomic E-state index is 12.9. The molecule has 3 N–H and O–H groups in total. The summed E-state index contributed by atoms with van der Waals surface area (Å²) < 4.78 is 0. The Bertz CT molecular complexity index is 493. The van der Waals surface area contributed by atoms with Crippen molar-refractivity contribution in [2.24, 2.45) is 29.6 Å². The number of aliphatic hydroxyl groups is 1. The van der Waals surface area contributed by atoms with Crippen molar-refractivity contribution < 1.29 is 19.8 Å². The molecule has 0 aromatic rings. The van der Waals surface area contributed by atoms with Crippen LogP contribution in [0.25, 0.3) is 0 Å². The summed E-state index contributed by atoms with van der Waals surface area (Å²) >= 11 is 0. The normalized spacial score (nSPS) is 45.3. The van der Waals surface area contributed by atoms with Gasteiger partial charge in [-0.2, -0.15) is 0 Å². The first-order valence-corrected chi connectivity index (χ1v) is 9.16. The fourth-order valence-corrected chi connectivity index (χ4v) is 5.16. The summed E-state index contributed by atoms with van der Waals surface area (Å²) in [7, 11) is 0. The van der Waals surface area contributed by atoms with Gasteiger partial charge in [0, 0.05) is 5.92 Å². The van der Waals surface area contributed by atoms with Crippen LogP contribution < -0.4 is 5.32 Å². The van der Waals surface area contributed by atoms with E-state index >= 15 is 0 Å². The third kappa shape index (κ3) is 2.77. The van der Waals surface area contributed by atoms with Gasteiger partial charge in [0.15, 0.2) is 0 Å². The highest BCUT2D eigenvalue weighted by atomic mass is 16.4. The smallest absolute Gasteiger partial charge is 0.329 e. The van der Waals surface area contributed by atoms with Crippen molar-refractivity contribution in [3.05, 3.63) is 0 Å². The van der Waals surface area contributed by atoms with Crippen LogP contribution in [0.1, 0.15) is 58.8 Å². The highest BCUT2D eigenvalue weighted by Crippen LogP contribution is 2.50. The molecule has 0 spiro atoms. The van der Waals surface area contributed by atoms with Crippen molar-refractivity contribution in [2.45, 2.75) is 70.4 Å². The molecule has 130 valence electrons. The molecule has 0 bridgehead atoms. The molecule has 0 heterocycles. The average Bonchev–Trinajstić information content (AvgIpc) is 3.14. The van der Waals surface area contributed by atoms with E-state index in [-0.39, 0.29) is 35.7 Å². The second kappa shape index (κ2) is 6.08. The lowest BCUT2D eigenvalue weighted by molar-refractivity contribution is -0.145. The highest BCUT2D eigenvalue weighted by Gasteiger charge is 2.61. The van der Waals surface area contributed by atoms with E-state index in [4.69, 9.17) is 0 Å². The van der Waals surface area contributed by atoms with E-state index in [1.54, 1.807) is 0 Å². The van der Waals surface area contributed by atoms with Crippen LogP contribution in [0.5, 0.6) is 0 Å². The topological polar surface area (TPSA) is 86.6 Å². The van der Waals surface area contributed by atoms with E-state index in [2.05, 4.69) is 12.2 Å². The van der Waals surface area contributed by atoms with Gasteiger partial charge in [-0.3, -0.25) is 4.79 Å². The number of carboxylic acid groups (broad SMARTS) is 1. The molecule has 5 heteroatoms. The number of hydrogen-bond donors (Lipinski definition) is 3. The van der Waals surface area contributed by atoms with Crippen molar-refractivity contribution in [3.63, 3.8) is 0 Å². The number of carbonyl (C=O) groups excluding carboxylic acids is 1. The van der Waals surface area contributed by atoms with Crippen LogP contribution in [0.2, 0.25) is 0 Å². The molecule has 7 atom stereocenters. The largest absolute Gasteiger partial charge is 0.479 e. The van der Waals surface area contributed by atoms with E-state index < -0.39 is 11.5 Å². The van der Waals surface area contributed by atoms with Gasteiger partial charge < -0.3 is 15.5 Å². The zero-order valence-corrected chi connectivity index (χ0v) is 14.1. The Labute approximate surface area is 137 Å². The zero-order valence-electron chi connectivity index (χ0n) is 14.1. The molecule has 1 amide bonds. The third-order valence-corrected chi connectivity index (χ3v) is 6.79. The highest BCUT2D eigenvalue weighted by molar-refractivity contribution is 5.91. The molecule has 0 aromatic carbocycles. The number of aliphatic hydroxyl groups excluding tert-OH is 1. The summed E-state index contributed by atoms with van der Waals surface area (Å²) in [5.41, 5.74) is -1.03. The first-order valence-electron chi connectivity index (χ1n) is 9.16. The molecule has 0 unspecified atom stereocenters. The number of carboxylic acids is 1. The van der Waals surface area contributed by atoms with Gasteiger partial charge in [0.1, 0.15) is 5.54 Å². The van der Waals surface area contributed by atoms with Gasteiger partial charge in [-0.15, -0.1) is 0 Å². The molecule has 3 aliphatic carbocycles. The quantitative estimate of drug-likeness (QED) is 0.724. The molecule has 0 aromatic heterocycles. The van der Waals surface area contributed by atoms with Gasteiger partial charge in [0.2, 0.25) is 5.91 Å². The lowest BCUT2D eigenvalue weighted by atomic mass is 9.67. The summed E-state index contributed by atoms with van der Waals surface area (Å²) in [5, 5.41) is 22.6. The van der Waals surface area contributed by atoms with Crippen LogP contribution in [-0.2, 0) is 9.59 Å². The van der Waals surface area contributed by atoms with Gasteiger partial charge >= 0.3 is 5.97 Å². The fourth-order valence-electron chi connectivity index (χ4n) is 5.16. The van der Waals surface area contributed by atoms with Crippen molar-refractivity contribution in [2.75, 3.05) is 0 Å². The van der Waals surface area contributed by atoms with Crippen LogP contribution in [0.4, 0.5) is 0 Å². The summed E-state index contributed by atoms with van der Waals surface area (Å²) in [6, 6.07) is 0. The van der Waals surface area contributed by atoms with Crippen molar-refractivity contribution >= 4 is 11.9 Å². The van der Waals surface area contributed by atoms with E-state index in [0.29, 0.717) is 12.3 Å². The molecular weight excluding hydrogens is 294 g/mol. The molecule has 0 aliphatic heterocycles. The number of carbonyl (C=O) groups is 2. The first kappa shape index (κ1) is 16.7. The van der Waals surface area contributed by atoms with Crippen LogP contribution in [0.3, 0.4) is 0 Å². The second-order valence-corrected chi connectivity index (χ2v) is 7.90. The van der Waals surface area contributed by atoms with E-state index in [0.717, 1.165) is 38.5 Å². The summed E-state index contributed by atoms with van der Waals surface area (Å²) in [6.07, 6.45) is 5.56. The Hall–Kier alpha value is -1.10. The number of nitrogens with one attached hydrogen (secondary N) is 1. The molecule has 0 saturated heterocycles. The van der Waals surface area contributed by atoms with Crippen LogP contribution in [0.15, 0.2) is 0 Å². The fraction of sp³-hybridized carbons (Fsp3) is 0.889. The summed E-state index contributed by atoms with van der Waals surface area (Å²) in [5.74, 6) is -0.176. The van der Waals surface area contributed by atoms with E-state index in [9.17, 15) is 19.8 Å². The van der Waals surface area contributed by atoms with Gasteiger partial charge in [0.25, 0.3) is 0 Å². The van der Waals surface area contributed by atoms with Gasteiger partial charge in [-0.05, 0) is 55.8 Å². The molecule has 3 saturated carbocycles. The monoisotopic (exact) mass is 323 g/mol. The second-order valence-electron chi connectivity index (χ2n) is 7.90. The number of amides is 1. The molecule has 3 rings (SSSR count). The molecule has 3 aliphatic rings. The zero-order chi connectivity index (χ0) is 16.8. The van der Waals surface area contributed by atoms with Gasteiger partial charge in [-0.1, -0.05) is 26.7 Å². The number of rotatable bonds is 5. The molecule has 3 fully saturated rings. The third-order valence-electron chi connectivity index (χ3n) is 6.79. The summed E-state index contributed by atoms with van der Waals surface area (Å²) in [4.78, 5) is 24.5. The number of aliphatic carboxylic acids is 1. The molecule has 5 nitrogen and oxygen atoms in total. The minimum Gasteiger partial charge on any atom is -0.479 e. The van der Waals surface area contributed by atoms with E-state index in [1.165, 1.54) is 0 Å². The predicted octanol–water partition coefficient (Wildman–Crippen LogP) is 2.18. The molecular formula is C18H29NO4. The standard InChI is InChI=1S/C18H29NO4/c1-3-10-7-13-12(5-6-15(13)20)14(8-10)16(21)19-18(17(22)23)9-11(18)4-2/h10-15,20H,3-9H2,1-2H3,(H,19,21)(H,22,23)/t10-,11+,12+,13+,14-,15-,18+/m1/s1. The minimum atomic E-state index is -1.03. The van der Waals surface area contributed by atoms with Gasteiger partial charge in [-0.25, -0.2) is 4.79 Å². The Morgan fingerprint density at radius 3 is 2.43 bits per heavy atom. The van der Waals surface area contributed by atoms with Crippen molar-refractivity contribution in [1.82, 2.24) is 5.32 Å². The minimum absolute atomic E-state index is 0.0551. The average molecular weight is 323 g/mol. The first-order chi connectivity index (χ1) is 10.9. The Morgan fingerprint density at radius 1 is 1.13 bits per heavy atom. The maximum atomic E-state index is 12.9. The van der Waals surface area contributed by atoms with Crippen LogP contribution in [-0.4, -0.2) is 33.7 Å². The lowest BCUT2D eigenvalue weighted by Gasteiger charge is -2.39. The SMILES string of the molecule is CC[C@@H]1C[C@H]2[C@H](CC[C@H]2O)[C@H](C(=O)N[C@@]2(C(=O)O)C[C@@H]2CC)C1. The molecule has 0 radical (unpaired) electrons. The van der Waals surface area contributed by atoms with Gasteiger partial charge in [0.05, 0.1) is 6.10 Å². The predicted molar refractivity (Wildman–Crippen MR) is 85.6 cm³/mol. The maximum Gasteiger partial charge on any atom is 0.329 e. The Morgan fingerprint density at radius 2 is 1.87 bits per heavy atom. The lowest BCUT2D eigenvalue weighted by Crippen LogP contribution is -2.50. The summed E-state index contributed by atoms with van der Waals surface area (Å²) in [6.45, 7) is 4.10. The van der Waals surface area contributed by atoms with Crippen molar-refractivity contribution in [3.8, 4) is 0 Å². The van der Waals surface area contributed by atoms with E-state index in [1.807, 2.05) is 6.92 Å². The number of fused-ring (bicyclic) bond motifs is 1. The van der Waals surface area contributed by atoms with Crippen LogP contribution in [0, 0.1) is 29.6 Å². The molecule has 23 heavy (non-hydrogen) atoms. The van der Waals surface area contributed by atoms with Crippen molar-refractivity contribution in [1.29, 1.82) is 0 Å².